The van der Waals surface area contributed by atoms with Gasteiger partial charge in [0.15, 0.2) is 5.82 Å². The average molecular weight is 207 g/mol. The highest BCUT2D eigenvalue weighted by Crippen LogP contribution is 2.36. The molecule has 0 saturated carbocycles. The Kier molecular flexibility index (Phi) is 1.81. The van der Waals surface area contributed by atoms with Gasteiger partial charge in [0.25, 0.3) is 0 Å². The van der Waals surface area contributed by atoms with E-state index in [-0.39, 0.29) is 12.1 Å². The summed E-state index contributed by atoms with van der Waals surface area (Å²) in [7, 11) is 0. The largest absolute Gasteiger partial charge is 0.324 e. The highest BCUT2D eigenvalue weighted by Gasteiger charge is 2.42. The number of anilines is 1. The van der Waals surface area contributed by atoms with Gasteiger partial charge in [-0.3, -0.25) is 4.79 Å². The van der Waals surface area contributed by atoms with Crippen LogP contribution >= 0.6 is 0 Å². The molecule has 0 amide bonds. The van der Waals surface area contributed by atoms with Gasteiger partial charge >= 0.3 is 6.01 Å². The van der Waals surface area contributed by atoms with Crippen molar-refractivity contribution >= 4 is 11.8 Å². The highest BCUT2D eigenvalue weighted by atomic mass is 16.5. The third-order valence-corrected chi connectivity index (χ3v) is 3.28. The molecular weight excluding hydrogens is 194 g/mol. The van der Waals surface area contributed by atoms with E-state index in [1.54, 1.807) is 0 Å². The Hall–Kier alpha value is -1.39. The molecule has 5 nitrogen and oxygen atoms in total. The summed E-state index contributed by atoms with van der Waals surface area (Å²) < 4.78 is 5.17. The smallest absolute Gasteiger partial charge is 0.318 e. The lowest BCUT2D eigenvalue weighted by Crippen LogP contribution is -2.43. The third kappa shape index (κ3) is 1.33. The fourth-order valence-corrected chi connectivity index (χ4v) is 2.67. The first-order valence-corrected chi connectivity index (χ1v) is 5.34. The van der Waals surface area contributed by atoms with Gasteiger partial charge in [0.2, 0.25) is 0 Å². The number of piperidine rings is 1. The van der Waals surface area contributed by atoms with Crippen molar-refractivity contribution in [2.75, 3.05) is 4.90 Å². The van der Waals surface area contributed by atoms with Crippen LogP contribution in [0.4, 0.5) is 6.01 Å². The number of nitrogens with zero attached hydrogens (tertiary/aromatic N) is 3. The van der Waals surface area contributed by atoms with Crippen LogP contribution in [0.15, 0.2) is 4.52 Å². The van der Waals surface area contributed by atoms with Gasteiger partial charge < -0.3 is 9.42 Å². The third-order valence-electron chi connectivity index (χ3n) is 3.28. The Bertz CT molecular complexity index is 385. The summed E-state index contributed by atoms with van der Waals surface area (Å²) in [5.41, 5.74) is 0. The molecule has 0 radical (unpaired) electrons. The normalized spacial score (nSPS) is 29.9. The summed E-state index contributed by atoms with van der Waals surface area (Å²) in [4.78, 5) is 17.8. The van der Waals surface area contributed by atoms with E-state index < -0.39 is 0 Å². The van der Waals surface area contributed by atoms with Crippen molar-refractivity contribution in [1.82, 2.24) is 10.1 Å². The lowest BCUT2D eigenvalue weighted by Gasteiger charge is -2.31. The zero-order valence-corrected chi connectivity index (χ0v) is 8.64. The SMILES string of the molecule is Cc1noc(N2C3CCC2CC(=O)C3)n1. The molecule has 2 fully saturated rings. The monoisotopic (exact) mass is 207 g/mol. The summed E-state index contributed by atoms with van der Waals surface area (Å²) in [6.07, 6.45) is 3.41. The van der Waals surface area contributed by atoms with Crippen LogP contribution in [0.25, 0.3) is 0 Å². The van der Waals surface area contributed by atoms with Gasteiger partial charge in [-0.1, -0.05) is 5.16 Å². The predicted octanol–water partition coefficient (Wildman–Crippen LogP) is 1.08. The summed E-state index contributed by atoms with van der Waals surface area (Å²) >= 11 is 0. The van der Waals surface area contributed by atoms with E-state index in [4.69, 9.17) is 4.52 Å². The first-order chi connectivity index (χ1) is 7.24. The molecule has 2 unspecified atom stereocenters. The van der Waals surface area contributed by atoms with Gasteiger partial charge in [0, 0.05) is 24.9 Å². The van der Waals surface area contributed by atoms with Crippen LogP contribution in [0, 0.1) is 6.92 Å². The molecule has 5 heteroatoms. The van der Waals surface area contributed by atoms with E-state index in [1.807, 2.05) is 6.92 Å². The van der Waals surface area contributed by atoms with Gasteiger partial charge in [-0.15, -0.1) is 0 Å². The standard InChI is InChI=1S/C10H13N3O2/c1-6-11-10(15-12-6)13-7-2-3-8(13)5-9(14)4-7/h7-8H,2-5H2,1H3. The molecular formula is C10H13N3O2. The molecule has 1 aromatic rings. The zero-order valence-electron chi connectivity index (χ0n) is 8.64. The minimum Gasteiger partial charge on any atom is -0.318 e. The number of hydrogen-bond acceptors (Lipinski definition) is 5. The van der Waals surface area contributed by atoms with Crippen molar-refractivity contribution in [2.45, 2.75) is 44.7 Å². The topological polar surface area (TPSA) is 59.2 Å². The van der Waals surface area contributed by atoms with Crippen molar-refractivity contribution in [3.05, 3.63) is 5.82 Å². The van der Waals surface area contributed by atoms with E-state index >= 15 is 0 Å². The first kappa shape index (κ1) is 8.88. The van der Waals surface area contributed by atoms with Gasteiger partial charge in [-0.25, -0.2) is 0 Å². The second-order valence-corrected chi connectivity index (χ2v) is 4.36. The summed E-state index contributed by atoms with van der Waals surface area (Å²) in [6, 6.07) is 1.17. The van der Waals surface area contributed by atoms with Crippen LogP contribution in [0.3, 0.4) is 0 Å². The van der Waals surface area contributed by atoms with Crippen LogP contribution < -0.4 is 4.90 Å². The van der Waals surface area contributed by atoms with Crippen LogP contribution in [-0.2, 0) is 4.79 Å². The molecule has 80 valence electrons. The van der Waals surface area contributed by atoms with Crippen molar-refractivity contribution in [3.63, 3.8) is 0 Å². The minimum atomic E-state index is 0.288. The second kappa shape index (κ2) is 3.05. The summed E-state index contributed by atoms with van der Waals surface area (Å²) in [6.45, 7) is 1.81. The molecule has 2 aliphatic heterocycles. The van der Waals surface area contributed by atoms with Gasteiger partial charge in [0.1, 0.15) is 5.78 Å². The predicted molar refractivity (Wildman–Crippen MR) is 52.6 cm³/mol. The van der Waals surface area contributed by atoms with E-state index in [1.165, 1.54) is 0 Å². The maximum atomic E-state index is 11.4. The number of carbonyl (C=O) groups is 1. The molecule has 0 aromatic carbocycles. The second-order valence-electron chi connectivity index (χ2n) is 4.36. The lowest BCUT2D eigenvalue weighted by molar-refractivity contribution is -0.120. The Balaban J connectivity index is 1.91. The van der Waals surface area contributed by atoms with Crippen molar-refractivity contribution in [2.24, 2.45) is 0 Å². The van der Waals surface area contributed by atoms with Crippen LogP contribution in [0.2, 0.25) is 0 Å². The highest BCUT2D eigenvalue weighted by molar-refractivity contribution is 5.82. The lowest BCUT2D eigenvalue weighted by atomic mass is 10.0. The molecule has 0 aliphatic carbocycles. The van der Waals surface area contributed by atoms with Crippen molar-refractivity contribution < 1.29 is 9.32 Å². The Morgan fingerprint density at radius 2 is 2.00 bits per heavy atom. The zero-order chi connectivity index (χ0) is 10.4. The molecule has 3 heterocycles. The fraction of sp³-hybridized carbons (Fsp3) is 0.700. The van der Waals surface area contributed by atoms with Gasteiger partial charge in [-0.2, -0.15) is 4.98 Å². The number of rotatable bonds is 1. The molecule has 0 N–H and O–H groups in total. The maximum absolute atomic E-state index is 11.4. The van der Waals surface area contributed by atoms with Crippen molar-refractivity contribution in [1.29, 1.82) is 0 Å². The Morgan fingerprint density at radius 1 is 1.33 bits per heavy atom. The van der Waals surface area contributed by atoms with Crippen molar-refractivity contribution in [3.8, 4) is 0 Å². The Morgan fingerprint density at radius 3 is 2.53 bits per heavy atom. The number of carbonyl (C=O) groups excluding carboxylic acids is 1. The molecule has 2 aliphatic rings. The number of aryl methyl sites for hydroxylation is 1. The molecule has 2 saturated heterocycles. The van der Waals surface area contributed by atoms with Gasteiger partial charge in [-0.05, 0) is 19.8 Å². The van der Waals surface area contributed by atoms with Crippen LogP contribution in [0.5, 0.6) is 0 Å². The minimum absolute atomic E-state index is 0.288. The molecule has 15 heavy (non-hydrogen) atoms. The van der Waals surface area contributed by atoms with E-state index in [0.717, 1.165) is 12.8 Å². The molecule has 1 aromatic heterocycles. The van der Waals surface area contributed by atoms with Crippen LogP contribution in [0.1, 0.15) is 31.5 Å². The fourth-order valence-electron chi connectivity index (χ4n) is 2.67. The molecule has 2 atom stereocenters. The van der Waals surface area contributed by atoms with E-state index in [9.17, 15) is 4.79 Å². The summed E-state index contributed by atoms with van der Waals surface area (Å²) in [5.74, 6) is 1.02. The summed E-state index contributed by atoms with van der Waals surface area (Å²) in [5, 5.41) is 3.79. The number of Topliss-reactive ketones (excluding diaryl/α,β-unsaturated/α-hetero) is 1. The Labute approximate surface area is 87.4 Å². The van der Waals surface area contributed by atoms with E-state index in [2.05, 4.69) is 15.0 Å². The molecule has 3 rings (SSSR count). The maximum Gasteiger partial charge on any atom is 0.324 e. The van der Waals surface area contributed by atoms with Crippen LogP contribution in [-0.4, -0.2) is 28.0 Å². The number of fused-ring (bicyclic) bond motifs is 2. The number of hydrogen-bond donors (Lipinski definition) is 0. The average Bonchev–Trinajstić information content (AvgIpc) is 2.69. The number of ketones is 1. The van der Waals surface area contributed by atoms with Gasteiger partial charge in [0.05, 0.1) is 0 Å². The molecule has 0 spiro atoms. The van der Waals surface area contributed by atoms with E-state index in [0.29, 0.717) is 30.5 Å². The number of aromatic nitrogens is 2. The quantitative estimate of drug-likeness (QED) is 0.689. The first-order valence-electron chi connectivity index (χ1n) is 5.34. The molecule has 2 bridgehead atoms.